The van der Waals surface area contributed by atoms with Crippen LogP contribution in [-0.4, -0.2) is 13.2 Å². The molecule has 2 rings (SSSR count). The smallest absolute Gasteiger partial charge is 0.418 e. The van der Waals surface area contributed by atoms with Crippen molar-refractivity contribution in [2.75, 3.05) is 12.4 Å². The summed E-state index contributed by atoms with van der Waals surface area (Å²) < 4.78 is 49.3. The van der Waals surface area contributed by atoms with E-state index >= 15 is 0 Å². The first-order valence-electron chi connectivity index (χ1n) is 6.44. The highest BCUT2D eigenvalue weighted by atomic mass is 19.4. The maximum absolute atomic E-state index is 13.1. The Bertz CT molecular complexity index is 579. The molecule has 1 heterocycles. The van der Waals surface area contributed by atoms with Gasteiger partial charge in [-0.05, 0) is 37.3 Å². The molecule has 1 aromatic carbocycles. The summed E-state index contributed by atoms with van der Waals surface area (Å²) in [4.78, 5) is 0. The van der Waals surface area contributed by atoms with Gasteiger partial charge in [0, 0.05) is 18.2 Å². The predicted molar refractivity (Wildman–Crippen MR) is 73.5 cm³/mol. The molecule has 0 aliphatic heterocycles. The van der Waals surface area contributed by atoms with Crippen LogP contribution < -0.4 is 10.1 Å². The number of rotatable bonds is 5. The summed E-state index contributed by atoms with van der Waals surface area (Å²) in [6.45, 7) is 1.80. The van der Waals surface area contributed by atoms with Gasteiger partial charge < -0.3 is 14.5 Å². The lowest BCUT2D eigenvalue weighted by atomic mass is 10.1. The molecule has 0 saturated heterocycles. The Hall–Kier alpha value is -2.11. The minimum absolute atomic E-state index is 0.0300. The highest BCUT2D eigenvalue weighted by Gasteiger charge is 2.34. The molecule has 1 aromatic heterocycles. The van der Waals surface area contributed by atoms with Crippen LogP contribution in [0.5, 0.6) is 5.75 Å². The largest absolute Gasteiger partial charge is 0.497 e. The second-order valence-corrected chi connectivity index (χ2v) is 4.74. The number of alkyl halides is 3. The van der Waals surface area contributed by atoms with Crippen LogP contribution in [0.3, 0.4) is 0 Å². The van der Waals surface area contributed by atoms with Crippen LogP contribution in [-0.2, 0) is 12.6 Å². The van der Waals surface area contributed by atoms with Crippen molar-refractivity contribution >= 4 is 5.69 Å². The van der Waals surface area contributed by atoms with E-state index in [2.05, 4.69) is 5.32 Å². The van der Waals surface area contributed by atoms with E-state index in [1.165, 1.54) is 25.5 Å². The zero-order valence-electron chi connectivity index (χ0n) is 11.7. The van der Waals surface area contributed by atoms with Gasteiger partial charge in [-0.1, -0.05) is 0 Å². The summed E-state index contributed by atoms with van der Waals surface area (Å²) in [5.74, 6) is 0.892. The number of ether oxygens (including phenoxy) is 1. The van der Waals surface area contributed by atoms with Crippen LogP contribution in [0.1, 0.15) is 18.2 Å². The molecule has 3 nitrogen and oxygen atoms in total. The van der Waals surface area contributed by atoms with Gasteiger partial charge in [0.25, 0.3) is 0 Å². The van der Waals surface area contributed by atoms with Crippen molar-refractivity contribution in [3.8, 4) is 5.75 Å². The van der Waals surface area contributed by atoms with Crippen molar-refractivity contribution < 1.29 is 22.3 Å². The number of anilines is 1. The van der Waals surface area contributed by atoms with Crippen LogP contribution in [0, 0.1) is 0 Å². The Morgan fingerprint density at radius 2 is 2.05 bits per heavy atom. The van der Waals surface area contributed by atoms with Crippen LogP contribution in [0.25, 0.3) is 0 Å². The van der Waals surface area contributed by atoms with Crippen molar-refractivity contribution in [1.82, 2.24) is 0 Å². The maximum atomic E-state index is 13.1. The van der Waals surface area contributed by atoms with Gasteiger partial charge in [0.1, 0.15) is 11.5 Å². The molecule has 0 saturated carbocycles. The zero-order chi connectivity index (χ0) is 15.5. The van der Waals surface area contributed by atoms with Gasteiger partial charge in [-0.25, -0.2) is 0 Å². The molecule has 114 valence electrons. The van der Waals surface area contributed by atoms with Crippen LogP contribution >= 0.6 is 0 Å². The number of hydrogen-bond acceptors (Lipinski definition) is 3. The normalized spacial score (nSPS) is 13.0. The Balaban J connectivity index is 2.18. The van der Waals surface area contributed by atoms with Gasteiger partial charge >= 0.3 is 6.18 Å². The molecule has 1 unspecified atom stereocenters. The number of methoxy groups -OCH3 is 1. The summed E-state index contributed by atoms with van der Waals surface area (Å²) in [5, 5.41) is 2.87. The van der Waals surface area contributed by atoms with E-state index in [4.69, 9.17) is 9.15 Å². The van der Waals surface area contributed by atoms with E-state index in [0.29, 0.717) is 6.42 Å². The Kier molecular flexibility index (Phi) is 4.45. The molecule has 0 bridgehead atoms. The van der Waals surface area contributed by atoms with Crippen molar-refractivity contribution in [2.45, 2.75) is 25.6 Å². The van der Waals surface area contributed by atoms with Crippen molar-refractivity contribution in [3.63, 3.8) is 0 Å². The van der Waals surface area contributed by atoms with Crippen molar-refractivity contribution in [3.05, 3.63) is 47.9 Å². The van der Waals surface area contributed by atoms with Gasteiger partial charge in [0.2, 0.25) is 0 Å². The number of hydrogen-bond donors (Lipinski definition) is 1. The molecule has 0 fully saturated rings. The molecule has 2 aromatic rings. The standard InChI is InChI=1S/C15H16F3NO2/c1-10(8-12-4-3-7-21-12)19-14-6-5-11(20-2)9-13(14)15(16,17)18/h3-7,9-10,19H,8H2,1-2H3. The second-order valence-electron chi connectivity index (χ2n) is 4.74. The van der Waals surface area contributed by atoms with E-state index < -0.39 is 11.7 Å². The lowest BCUT2D eigenvalue weighted by Gasteiger charge is -2.19. The quantitative estimate of drug-likeness (QED) is 0.891. The third-order valence-electron chi connectivity index (χ3n) is 3.02. The van der Waals surface area contributed by atoms with E-state index in [-0.39, 0.29) is 17.5 Å². The highest BCUT2D eigenvalue weighted by Crippen LogP contribution is 2.37. The fourth-order valence-corrected chi connectivity index (χ4v) is 2.06. The molecule has 1 N–H and O–H groups in total. The van der Waals surface area contributed by atoms with E-state index in [1.54, 1.807) is 19.1 Å². The van der Waals surface area contributed by atoms with Crippen LogP contribution in [0.4, 0.5) is 18.9 Å². The first kappa shape index (κ1) is 15.3. The summed E-state index contributed by atoms with van der Waals surface area (Å²) in [6, 6.07) is 7.19. The molecule has 0 radical (unpaired) electrons. The highest BCUT2D eigenvalue weighted by molar-refractivity contribution is 5.56. The second kappa shape index (κ2) is 6.11. The third kappa shape index (κ3) is 3.93. The Morgan fingerprint density at radius 3 is 2.62 bits per heavy atom. The molecular weight excluding hydrogens is 283 g/mol. The molecule has 21 heavy (non-hydrogen) atoms. The third-order valence-corrected chi connectivity index (χ3v) is 3.02. The fraction of sp³-hybridized carbons (Fsp3) is 0.333. The predicted octanol–water partition coefficient (Wildman–Crippen LogP) is 4.35. The van der Waals surface area contributed by atoms with Gasteiger partial charge in [-0.3, -0.25) is 0 Å². The molecular formula is C15H16F3NO2. The number of furan rings is 1. The van der Waals surface area contributed by atoms with Crippen molar-refractivity contribution in [2.24, 2.45) is 0 Å². The average Bonchev–Trinajstić information content (AvgIpc) is 2.90. The van der Waals surface area contributed by atoms with Crippen LogP contribution in [0.15, 0.2) is 41.0 Å². The lowest BCUT2D eigenvalue weighted by Crippen LogP contribution is -2.20. The Morgan fingerprint density at radius 1 is 1.29 bits per heavy atom. The van der Waals surface area contributed by atoms with Crippen LogP contribution in [0.2, 0.25) is 0 Å². The maximum Gasteiger partial charge on any atom is 0.418 e. The Labute approximate surface area is 120 Å². The number of benzene rings is 1. The first-order valence-corrected chi connectivity index (χ1v) is 6.44. The number of halogens is 3. The summed E-state index contributed by atoms with van der Waals surface area (Å²) >= 11 is 0. The molecule has 1 atom stereocenters. The lowest BCUT2D eigenvalue weighted by molar-refractivity contribution is -0.137. The molecule has 0 amide bonds. The summed E-state index contributed by atoms with van der Waals surface area (Å²) in [5.41, 5.74) is -0.712. The van der Waals surface area contributed by atoms with E-state index in [0.717, 1.165) is 11.8 Å². The average molecular weight is 299 g/mol. The van der Waals surface area contributed by atoms with Gasteiger partial charge in [0.15, 0.2) is 0 Å². The first-order chi connectivity index (χ1) is 9.90. The van der Waals surface area contributed by atoms with Gasteiger partial charge in [-0.2, -0.15) is 13.2 Å². The molecule has 0 aliphatic carbocycles. The van der Waals surface area contributed by atoms with Crippen molar-refractivity contribution in [1.29, 1.82) is 0 Å². The summed E-state index contributed by atoms with van der Waals surface area (Å²) in [7, 11) is 1.34. The van der Waals surface area contributed by atoms with Gasteiger partial charge in [0.05, 0.1) is 18.9 Å². The molecule has 0 spiro atoms. The van der Waals surface area contributed by atoms with E-state index in [9.17, 15) is 13.2 Å². The molecule has 0 aliphatic rings. The van der Waals surface area contributed by atoms with E-state index in [1.807, 2.05) is 0 Å². The fourth-order valence-electron chi connectivity index (χ4n) is 2.06. The SMILES string of the molecule is COc1ccc(NC(C)Cc2ccco2)c(C(F)(F)F)c1. The topological polar surface area (TPSA) is 34.4 Å². The summed E-state index contributed by atoms with van der Waals surface area (Å²) in [6.07, 6.45) is -2.41. The number of nitrogens with one attached hydrogen (secondary N) is 1. The monoisotopic (exact) mass is 299 g/mol. The zero-order valence-corrected chi connectivity index (χ0v) is 11.7. The molecule has 6 heteroatoms. The minimum atomic E-state index is -4.44. The minimum Gasteiger partial charge on any atom is -0.497 e. The van der Waals surface area contributed by atoms with Gasteiger partial charge in [-0.15, -0.1) is 0 Å².